The van der Waals surface area contributed by atoms with Crippen molar-refractivity contribution in [3.8, 4) is 11.1 Å². The predicted molar refractivity (Wildman–Crippen MR) is 183 cm³/mol. The van der Waals surface area contributed by atoms with E-state index in [-0.39, 0.29) is 17.5 Å². The Morgan fingerprint density at radius 3 is 2.62 bits per heavy atom. The normalized spacial score (nSPS) is 19.2. The van der Waals surface area contributed by atoms with Gasteiger partial charge in [0.1, 0.15) is 5.65 Å². The van der Waals surface area contributed by atoms with Crippen LogP contribution in [0.15, 0.2) is 53.5 Å². The fraction of sp³-hybridized carbons (Fsp3) is 0.429. The minimum Gasteiger partial charge on any atom is -0.368 e. The van der Waals surface area contributed by atoms with Crippen molar-refractivity contribution in [2.75, 3.05) is 50.0 Å². The summed E-state index contributed by atoms with van der Waals surface area (Å²) in [6.07, 6.45) is 3.81. The van der Waals surface area contributed by atoms with E-state index in [1.807, 2.05) is 36.9 Å². The van der Waals surface area contributed by atoms with Gasteiger partial charge in [-0.25, -0.2) is 4.98 Å². The van der Waals surface area contributed by atoms with Crippen LogP contribution in [-0.4, -0.2) is 76.1 Å². The number of halogens is 1. The van der Waals surface area contributed by atoms with E-state index in [0.29, 0.717) is 53.3 Å². The quantitative estimate of drug-likeness (QED) is 0.273. The van der Waals surface area contributed by atoms with Crippen molar-refractivity contribution in [1.82, 2.24) is 24.3 Å². The number of carbonyl (C=O) groups is 1. The van der Waals surface area contributed by atoms with E-state index < -0.39 is 0 Å². The zero-order chi connectivity index (χ0) is 31.8. The van der Waals surface area contributed by atoms with Crippen molar-refractivity contribution >= 4 is 45.9 Å². The first-order chi connectivity index (χ1) is 21.7. The van der Waals surface area contributed by atoms with E-state index in [1.54, 1.807) is 16.8 Å². The number of hydrogen-bond donors (Lipinski definition) is 1. The molecule has 2 fully saturated rings. The van der Waals surface area contributed by atoms with Gasteiger partial charge in [-0.3, -0.25) is 14.2 Å². The summed E-state index contributed by atoms with van der Waals surface area (Å²) in [6.45, 7) is 12.4. The second-order valence-corrected chi connectivity index (χ2v) is 12.9. The van der Waals surface area contributed by atoms with E-state index in [4.69, 9.17) is 21.6 Å². The summed E-state index contributed by atoms with van der Waals surface area (Å²) in [6, 6.07) is 14.0. The van der Waals surface area contributed by atoms with Crippen molar-refractivity contribution in [1.29, 1.82) is 0 Å². The molecule has 2 aliphatic heterocycles. The van der Waals surface area contributed by atoms with E-state index in [9.17, 15) is 9.59 Å². The molecule has 10 heteroatoms. The molecule has 0 unspecified atom stereocenters. The van der Waals surface area contributed by atoms with Crippen LogP contribution in [0, 0.1) is 13.8 Å². The lowest BCUT2D eigenvalue weighted by Gasteiger charge is -2.39. The summed E-state index contributed by atoms with van der Waals surface area (Å²) in [5.41, 5.74) is 5.70. The van der Waals surface area contributed by atoms with Crippen LogP contribution in [0.5, 0.6) is 0 Å². The molecule has 2 atom stereocenters. The largest absolute Gasteiger partial charge is 0.368 e. The van der Waals surface area contributed by atoms with E-state index in [1.165, 1.54) is 11.3 Å². The molecule has 0 saturated carbocycles. The van der Waals surface area contributed by atoms with Crippen LogP contribution >= 0.6 is 11.6 Å². The van der Waals surface area contributed by atoms with E-state index in [2.05, 4.69) is 54.2 Å². The molecule has 1 N–H and O–H groups in total. The van der Waals surface area contributed by atoms with Crippen LogP contribution in [0.1, 0.15) is 50.3 Å². The maximum atomic E-state index is 14.5. The van der Waals surface area contributed by atoms with Gasteiger partial charge >= 0.3 is 0 Å². The van der Waals surface area contributed by atoms with Gasteiger partial charge < -0.3 is 20.0 Å². The highest BCUT2D eigenvalue weighted by Gasteiger charge is 2.29. The number of likely N-dealkylation sites (N-methyl/N-ethyl adjacent to an activating group) is 1. The molecule has 2 aromatic heterocycles. The van der Waals surface area contributed by atoms with Crippen molar-refractivity contribution in [2.24, 2.45) is 0 Å². The molecule has 0 aliphatic carbocycles. The summed E-state index contributed by atoms with van der Waals surface area (Å²) in [5, 5.41) is 4.69. The van der Waals surface area contributed by atoms with Crippen molar-refractivity contribution < 1.29 is 4.79 Å². The third kappa shape index (κ3) is 6.03. The molecule has 2 aliphatic rings. The Morgan fingerprint density at radius 2 is 1.89 bits per heavy atom. The average molecular weight is 628 g/mol. The first-order valence-corrected chi connectivity index (χ1v) is 16.3. The second kappa shape index (κ2) is 12.8. The highest BCUT2D eigenvalue weighted by Crippen LogP contribution is 2.34. The molecule has 2 saturated heterocycles. The summed E-state index contributed by atoms with van der Waals surface area (Å²) < 4.78 is 1.78. The Hall–Kier alpha value is -3.95. The number of fused-ring (bicyclic) bond motifs is 1. The lowest BCUT2D eigenvalue weighted by atomic mass is 9.98. The number of nitrogens with one attached hydrogen (secondary N) is 1. The number of nitrogens with zero attached hydrogens (tertiary/aromatic N) is 6. The number of likely N-dealkylation sites (tertiary alicyclic amines) is 1. The van der Waals surface area contributed by atoms with E-state index >= 15 is 0 Å². The number of anilines is 3. The van der Waals surface area contributed by atoms with Crippen LogP contribution in [0.25, 0.3) is 22.2 Å². The second-order valence-electron chi connectivity index (χ2n) is 12.5. The third-order valence-corrected chi connectivity index (χ3v) is 9.85. The lowest BCUT2D eigenvalue weighted by Crippen LogP contribution is -2.50. The number of hydrogen-bond acceptors (Lipinski definition) is 7. The van der Waals surface area contributed by atoms with Crippen LogP contribution in [0.4, 0.5) is 17.3 Å². The Bertz CT molecular complexity index is 1810. The molecule has 0 spiro atoms. The summed E-state index contributed by atoms with van der Waals surface area (Å²) >= 11 is 6.63. The molecule has 236 valence electrons. The molecule has 2 aromatic carbocycles. The molecule has 4 aromatic rings. The van der Waals surface area contributed by atoms with Crippen molar-refractivity contribution in [3.63, 3.8) is 0 Å². The fourth-order valence-corrected chi connectivity index (χ4v) is 7.04. The Labute approximate surface area is 269 Å². The number of aromatic nitrogens is 3. The third-order valence-electron chi connectivity index (χ3n) is 9.52. The van der Waals surface area contributed by atoms with Gasteiger partial charge in [0.05, 0.1) is 11.6 Å². The van der Waals surface area contributed by atoms with Crippen LogP contribution < -0.4 is 15.8 Å². The minimum atomic E-state index is -0.221. The topological polar surface area (TPSA) is 86.6 Å². The number of aryl methyl sites for hydroxylation is 2. The van der Waals surface area contributed by atoms with Gasteiger partial charge in [0.15, 0.2) is 0 Å². The van der Waals surface area contributed by atoms with Crippen molar-refractivity contribution in [2.45, 2.75) is 59.0 Å². The molecule has 45 heavy (non-hydrogen) atoms. The van der Waals surface area contributed by atoms with Crippen LogP contribution in [0.3, 0.4) is 0 Å². The first-order valence-electron chi connectivity index (χ1n) is 15.9. The Balaban J connectivity index is 1.41. The Morgan fingerprint density at radius 1 is 1.09 bits per heavy atom. The SMILES string of the molecule is CCC(=O)N1CCC[C@H](n2c(=O)c(-c3ccccc3Cl)c(C)c3cnc(Nc4ccc(N5CCN(C)[C@H](C)C5)c(C)c4)nc32)C1. The number of piperazine rings is 1. The number of pyridine rings is 1. The minimum absolute atomic E-state index is 0.0947. The molecule has 9 nitrogen and oxygen atoms in total. The molecular formula is C35H42ClN7O2. The zero-order valence-electron chi connectivity index (χ0n) is 26.8. The summed E-state index contributed by atoms with van der Waals surface area (Å²) in [7, 11) is 2.18. The number of rotatable bonds is 6. The Kier molecular flexibility index (Phi) is 8.84. The first kappa shape index (κ1) is 31.0. The summed E-state index contributed by atoms with van der Waals surface area (Å²) in [4.78, 5) is 43.5. The van der Waals surface area contributed by atoms with Crippen LogP contribution in [-0.2, 0) is 4.79 Å². The fourth-order valence-electron chi connectivity index (χ4n) is 6.81. The van der Waals surface area contributed by atoms with Gasteiger partial charge in [-0.05, 0) is 76.1 Å². The van der Waals surface area contributed by atoms with Gasteiger partial charge in [0.2, 0.25) is 11.9 Å². The predicted octanol–water partition coefficient (Wildman–Crippen LogP) is 6.19. The average Bonchev–Trinajstić information content (AvgIpc) is 3.03. The molecular weight excluding hydrogens is 586 g/mol. The van der Waals surface area contributed by atoms with E-state index in [0.717, 1.165) is 49.1 Å². The number of carbonyl (C=O) groups excluding carboxylic acids is 1. The smallest absolute Gasteiger partial charge is 0.260 e. The molecule has 1 amide bonds. The molecule has 0 radical (unpaired) electrons. The molecule has 6 rings (SSSR count). The monoisotopic (exact) mass is 627 g/mol. The maximum Gasteiger partial charge on any atom is 0.260 e. The highest BCUT2D eigenvalue weighted by molar-refractivity contribution is 6.33. The van der Waals surface area contributed by atoms with Gasteiger partial charge in [0, 0.05) is 78.7 Å². The lowest BCUT2D eigenvalue weighted by molar-refractivity contribution is -0.132. The number of amides is 1. The number of piperidine rings is 1. The molecule has 4 heterocycles. The van der Waals surface area contributed by atoms with Gasteiger partial charge in [0.25, 0.3) is 5.56 Å². The maximum absolute atomic E-state index is 14.5. The van der Waals surface area contributed by atoms with Gasteiger partial charge in [-0.2, -0.15) is 4.98 Å². The highest BCUT2D eigenvalue weighted by atomic mass is 35.5. The molecule has 0 bridgehead atoms. The van der Waals surface area contributed by atoms with Gasteiger partial charge in [-0.1, -0.05) is 36.7 Å². The number of benzene rings is 2. The summed E-state index contributed by atoms with van der Waals surface area (Å²) in [5.74, 6) is 0.510. The van der Waals surface area contributed by atoms with Gasteiger partial charge in [-0.15, -0.1) is 0 Å². The zero-order valence-corrected chi connectivity index (χ0v) is 27.6. The van der Waals surface area contributed by atoms with Crippen LogP contribution in [0.2, 0.25) is 5.02 Å². The van der Waals surface area contributed by atoms with Crippen molar-refractivity contribution in [3.05, 3.63) is 75.2 Å². The standard InChI is InChI=1S/C35H42ClN7O2/c1-6-31(44)42-15-9-10-26(21-42)43-33-28(24(4)32(34(43)45)27-11-7-8-12-29(27)36)19-37-35(39-33)38-25-13-14-30(22(2)18-25)41-17-16-40(5)23(3)20-41/h7-8,11-14,18-19,23,26H,6,9-10,15-17,20-21H2,1-5H3,(H,37,38,39)/t23-,26+/m1/s1.